The van der Waals surface area contributed by atoms with Crippen molar-refractivity contribution in [1.82, 2.24) is 0 Å². The molecule has 27 heavy (non-hydrogen) atoms. The lowest BCUT2D eigenvalue weighted by Gasteiger charge is -2.20. The van der Waals surface area contributed by atoms with Gasteiger partial charge in [-0.3, -0.25) is 9.59 Å². The van der Waals surface area contributed by atoms with Crippen LogP contribution in [0.3, 0.4) is 0 Å². The molecule has 0 bridgehead atoms. The van der Waals surface area contributed by atoms with Gasteiger partial charge in [0.25, 0.3) is 0 Å². The van der Waals surface area contributed by atoms with E-state index in [1.54, 1.807) is 0 Å². The van der Waals surface area contributed by atoms with Crippen molar-refractivity contribution in [1.29, 1.82) is 0 Å². The Morgan fingerprint density at radius 1 is 0.926 bits per heavy atom. The van der Waals surface area contributed by atoms with E-state index in [1.165, 1.54) is 5.56 Å². The van der Waals surface area contributed by atoms with Crippen molar-refractivity contribution in [2.24, 2.45) is 0 Å². The van der Waals surface area contributed by atoms with Gasteiger partial charge in [-0.25, -0.2) is 0 Å². The number of carbonyl (C=O) groups is 2. The summed E-state index contributed by atoms with van der Waals surface area (Å²) in [5.41, 5.74) is -0.537. The second-order valence-corrected chi connectivity index (χ2v) is 6.47. The van der Waals surface area contributed by atoms with Gasteiger partial charge in [0.1, 0.15) is 0 Å². The maximum Gasteiger partial charge on any atom is 0.398 e. The Bertz CT molecular complexity index is 780. The predicted octanol–water partition coefficient (Wildman–Crippen LogP) is 4.53. The van der Waals surface area contributed by atoms with Crippen LogP contribution in [0.4, 0.5) is 13.2 Å². The van der Waals surface area contributed by atoms with E-state index < -0.39 is 29.4 Å². The second-order valence-electron chi connectivity index (χ2n) is 6.47. The molecule has 0 unspecified atom stereocenters. The molecule has 4 nitrogen and oxygen atoms in total. The smallest absolute Gasteiger partial charge is 0.398 e. The molecule has 0 heterocycles. The lowest BCUT2D eigenvalue weighted by molar-refractivity contribution is -0.160. The summed E-state index contributed by atoms with van der Waals surface area (Å²) in [6.07, 6.45) is -4.36. The highest BCUT2D eigenvalue weighted by molar-refractivity contribution is 5.98. The summed E-state index contributed by atoms with van der Waals surface area (Å²) in [5.74, 6) is -4.88. The number of carboxylic acids is 2. The molecule has 7 heteroatoms. The van der Waals surface area contributed by atoms with Crippen LogP contribution in [0, 0.1) is 6.92 Å². The number of hydrogen-bond donors (Lipinski definition) is 2. The van der Waals surface area contributed by atoms with Crippen LogP contribution in [0.5, 0.6) is 0 Å². The number of aryl methyl sites for hydroxylation is 1. The SMILES string of the molecule is Cc1ccccc1.O=C(O)C(C(=O)O)c1ccc(C2(C(F)(F)F)CC2)cc1. The molecule has 2 N–H and O–H groups in total. The molecular weight excluding hydrogens is 361 g/mol. The summed E-state index contributed by atoms with van der Waals surface area (Å²) in [7, 11) is 0. The Hall–Kier alpha value is -2.83. The van der Waals surface area contributed by atoms with Crippen molar-refractivity contribution < 1.29 is 33.0 Å². The number of rotatable bonds is 4. The first-order valence-corrected chi connectivity index (χ1v) is 8.23. The van der Waals surface area contributed by atoms with Gasteiger partial charge in [0.05, 0.1) is 5.41 Å². The summed E-state index contributed by atoms with van der Waals surface area (Å²) in [6.45, 7) is 2.08. The first kappa shape index (κ1) is 20.5. The molecule has 144 valence electrons. The highest BCUT2D eigenvalue weighted by Gasteiger charge is 2.64. The van der Waals surface area contributed by atoms with E-state index in [9.17, 15) is 22.8 Å². The van der Waals surface area contributed by atoms with Gasteiger partial charge in [-0.2, -0.15) is 13.2 Å². The Kier molecular flexibility index (Phi) is 5.93. The molecule has 1 fully saturated rings. The van der Waals surface area contributed by atoms with Crippen LogP contribution in [0.25, 0.3) is 0 Å². The van der Waals surface area contributed by atoms with E-state index in [4.69, 9.17) is 10.2 Å². The van der Waals surface area contributed by atoms with Gasteiger partial charge in [-0.05, 0) is 30.9 Å². The second kappa shape index (κ2) is 7.82. The Morgan fingerprint density at radius 3 is 1.70 bits per heavy atom. The average Bonchev–Trinajstić information content (AvgIpc) is 3.38. The quantitative estimate of drug-likeness (QED) is 0.765. The molecule has 3 rings (SSSR count). The normalized spacial score (nSPS) is 14.9. The zero-order valence-corrected chi connectivity index (χ0v) is 14.5. The van der Waals surface area contributed by atoms with Crippen LogP contribution >= 0.6 is 0 Å². The summed E-state index contributed by atoms with van der Waals surface area (Å²) in [4.78, 5) is 21.7. The van der Waals surface area contributed by atoms with E-state index in [0.29, 0.717) is 0 Å². The summed E-state index contributed by atoms with van der Waals surface area (Å²) in [5, 5.41) is 17.6. The Morgan fingerprint density at radius 2 is 1.41 bits per heavy atom. The topological polar surface area (TPSA) is 74.6 Å². The fourth-order valence-corrected chi connectivity index (χ4v) is 2.78. The first-order chi connectivity index (χ1) is 12.6. The van der Waals surface area contributed by atoms with E-state index in [0.717, 1.165) is 24.3 Å². The van der Waals surface area contributed by atoms with Gasteiger partial charge < -0.3 is 10.2 Å². The average molecular weight is 380 g/mol. The molecule has 2 aromatic carbocycles. The third-order valence-electron chi connectivity index (χ3n) is 4.52. The monoisotopic (exact) mass is 380 g/mol. The summed E-state index contributed by atoms with van der Waals surface area (Å²) >= 11 is 0. The van der Waals surface area contributed by atoms with Crippen molar-refractivity contribution >= 4 is 11.9 Å². The van der Waals surface area contributed by atoms with Gasteiger partial charge in [0, 0.05) is 0 Å². The van der Waals surface area contributed by atoms with E-state index in [2.05, 4.69) is 19.1 Å². The highest BCUT2D eigenvalue weighted by atomic mass is 19.4. The van der Waals surface area contributed by atoms with Crippen molar-refractivity contribution in [3.8, 4) is 0 Å². The minimum Gasteiger partial charge on any atom is -0.480 e. The summed E-state index contributed by atoms with van der Waals surface area (Å²) in [6, 6.07) is 14.9. The Labute approximate surface area is 154 Å². The Balaban J connectivity index is 0.000000313. The van der Waals surface area contributed by atoms with Crippen molar-refractivity contribution in [3.63, 3.8) is 0 Å². The van der Waals surface area contributed by atoms with Crippen LogP contribution in [0.2, 0.25) is 0 Å². The fourth-order valence-electron chi connectivity index (χ4n) is 2.78. The molecule has 0 spiro atoms. The van der Waals surface area contributed by atoms with Crippen LogP contribution in [-0.2, 0) is 15.0 Å². The molecule has 1 aliphatic carbocycles. The minimum absolute atomic E-state index is 0.00284. The molecular formula is C20H19F3O4. The molecule has 0 amide bonds. The van der Waals surface area contributed by atoms with Gasteiger partial charge in [-0.1, -0.05) is 60.2 Å². The predicted molar refractivity (Wildman–Crippen MR) is 92.6 cm³/mol. The molecule has 0 radical (unpaired) electrons. The zero-order valence-electron chi connectivity index (χ0n) is 14.5. The lowest BCUT2D eigenvalue weighted by atomic mass is 9.91. The maximum atomic E-state index is 12.9. The third kappa shape index (κ3) is 4.67. The molecule has 0 aliphatic heterocycles. The third-order valence-corrected chi connectivity index (χ3v) is 4.52. The van der Waals surface area contributed by atoms with Crippen LogP contribution in [0.1, 0.15) is 35.4 Å². The minimum atomic E-state index is -4.35. The molecule has 0 aromatic heterocycles. The fraction of sp³-hybridized carbons (Fsp3) is 0.300. The lowest BCUT2D eigenvalue weighted by Crippen LogP contribution is -2.28. The molecule has 0 atom stereocenters. The number of carboxylic acid groups (broad SMARTS) is 2. The van der Waals surface area contributed by atoms with Gasteiger partial charge in [-0.15, -0.1) is 0 Å². The standard InChI is InChI=1S/C13H11F3O4.C7H8/c14-13(15,16)12(5-6-12)8-3-1-7(2-4-8)9(10(17)18)11(19)20;1-7-5-3-2-4-6-7/h1-4,9H,5-6H2,(H,17,18)(H,19,20);2-6H,1H3. The van der Waals surface area contributed by atoms with Crippen molar-refractivity contribution in [3.05, 3.63) is 71.3 Å². The number of hydrogen-bond acceptors (Lipinski definition) is 2. The van der Waals surface area contributed by atoms with Crippen molar-refractivity contribution in [2.75, 3.05) is 0 Å². The van der Waals surface area contributed by atoms with Gasteiger partial charge in [0.2, 0.25) is 0 Å². The number of benzene rings is 2. The largest absolute Gasteiger partial charge is 0.480 e. The van der Waals surface area contributed by atoms with Crippen molar-refractivity contribution in [2.45, 2.75) is 37.3 Å². The first-order valence-electron chi connectivity index (χ1n) is 8.23. The highest BCUT2D eigenvalue weighted by Crippen LogP contribution is 2.58. The molecule has 1 aliphatic rings. The van der Waals surface area contributed by atoms with E-state index in [-0.39, 0.29) is 24.0 Å². The van der Waals surface area contributed by atoms with Gasteiger partial charge in [0.15, 0.2) is 5.92 Å². The van der Waals surface area contributed by atoms with Gasteiger partial charge >= 0.3 is 18.1 Å². The number of halogens is 3. The van der Waals surface area contributed by atoms with Crippen LogP contribution in [-0.4, -0.2) is 28.3 Å². The summed E-state index contributed by atoms with van der Waals surface area (Å²) < 4.78 is 38.7. The van der Waals surface area contributed by atoms with Crippen LogP contribution in [0.15, 0.2) is 54.6 Å². The molecule has 2 aromatic rings. The zero-order chi connectivity index (χ0) is 20.2. The number of aliphatic carboxylic acids is 2. The number of alkyl halides is 3. The maximum absolute atomic E-state index is 12.9. The molecule has 1 saturated carbocycles. The van der Waals surface area contributed by atoms with E-state index in [1.807, 2.05) is 18.2 Å². The van der Waals surface area contributed by atoms with E-state index >= 15 is 0 Å². The van der Waals surface area contributed by atoms with Crippen LogP contribution < -0.4 is 0 Å². The molecule has 0 saturated heterocycles.